The van der Waals surface area contributed by atoms with E-state index >= 15 is 0 Å². The van der Waals surface area contributed by atoms with Gasteiger partial charge < -0.3 is 15.8 Å². The topological polar surface area (TPSA) is 60.2 Å². The molecule has 0 saturated carbocycles. The second-order valence-electron chi connectivity index (χ2n) is 3.55. The van der Waals surface area contributed by atoms with Gasteiger partial charge >= 0.3 is 0 Å². The van der Waals surface area contributed by atoms with Gasteiger partial charge in [-0.05, 0) is 12.5 Å². The molecular weight excluding hydrogens is 190 g/mol. The zero-order valence-electron chi connectivity index (χ0n) is 9.36. The minimum atomic E-state index is 0.310. The number of hydrogen-bond acceptors (Lipinski definition) is 4. The first kappa shape index (κ1) is 11.8. The number of nitrogens with one attached hydrogen (secondary N) is 1. The molecule has 0 fully saturated rings. The maximum atomic E-state index is 5.80. The molecule has 3 N–H and O–H groups in total. The first-order valence-corrected chi connectivity index (χ1v) is 5.22. The van der Waals surface area contributed by atoms with Crippen LogP contribution in [0.2, 0.25) is 0 Å². The number of anilines is 2. The molecule has 0 aliphatic carbocycles. The fourth-order valence-corrected chi connectivity index (χ4v) is 1.50. The largest absolute Gasteiger partial charge is 0.396 e. The highest BCUT2D eigenvalue weighted by molar-refractivity contribution is 5.64. The summed E-state index contributed by atoms with van der Waals surface area (Å²) in [6, 6.07) is 2.19. The second kappa shape index (κ2) is 6.24. The van der Waals surface area contributed by atoms with E-state index in [1.165, 1.54) is 0 Å². The summed E-state index contributed by atoms with van der Waals surface area (Å²) >= 11 is 0. The standard InChI is InChI=1S/C11H19N3O/c1-3-4-9(8-15-2)14-11-5-6-13-7-10(11)12/h5-7,9H,3-4,8,12H2,1-2H3,(H,13,14). The normalized spacial score (nSPS) is 12.4. The number of aromatic nitrogens is 1. The first-order chi connectivity index (χ1) is 7.27. The Hall–Kier alpha value is -1.29. The van der Waals surface area contributed by atoms with Gasteiger partial charge in [-0.2, -0.15) is 0 Å². The maximum absolute atomic E-state index is 5.80. The van der Waals surface area contributed by atoms with Gasteiger partial charge in [-0.1, -0.05) is 13.3 Å². The summed E-state index contributed by atoms with van der Waals surface area (Å²) in [5, 5.41) is 3.36. The summed E-state index contributed by atoms with van der Waals surface area (Å²) in [7, 11) is 1.71. The van der Waals surface area contributed by atoms with E-state index < -0.39 is 0 Å². The molecule has 0 saturated heterocycles. The number of pyridine rings is 1. The van der Waals surface area contributed by atoms with Crippen molar-refractivity contribution in [1.29, 1.82) is 0 Å². The minimum Gasteiger partial charge on any atom is -0.396 e. The summed E-state index contributed by atoms with van der Waals surface area (Å²) in [5.41, 5.74) is 7.40. The predicted molar refractivity (Wildman–Crippen MR) is 62.8 cm³/mol. The Bertz CT molecular complexity index is 285. The van der Waals surface area contributed by atoms with Crippen LogP contribution in [-0.4, -0.2) is 24.7 Å². The van der Waals surface area contributed by atoms with Gasteiger partial charge in [0.05, 0.1) is 24.2 Å². The minimum absolute atomic E-state index is 0.310. The van der Waals surface area contributed by atoms with Crippen molar-refractivity contribution >= 4 is 11.4 Å². The van der Waals surface area contributed by atoms with E-state index in [9.17, 15) is 0 Å². The molecule has 4 heteroatoms. The summed E-state index contributed by atoms with van der Waals surface area (Å²) in [6.07, 6.45) is 5.56. The van der Waals surface area contributed by atoms with E-state index in [2.05, 4.69) is 17.2 Å². The fourth-order valence-electron chi connectivity index (χ4n) is 1.50. The van der Waals surface area contributed by atoms with E-state index in [-0.39, 0.29) is 0 Å². The molecule has 1 atom stereocenters. The molecule has 1 unspecified atom stereocenters. The highest BCUT2D eigenvalue weighted by Gasteiger charge is 2.08. The molecule has 0 aliphatic rings. The van der Waals surface area contributed by atoms with Crippen molar-refractivity contribution in [1.82, 2.24) is 4.98 Å². The SMILES string of the molecule is CCCC(COC)Nc1ccncc1N. The van der Waals surface area contributed by atoms with Crippen molar-refractivity contribution in [3.8, 4) is 0 Å². The third-order valence-electron chi connectivity index (χ3n) is 2.22. The van der Waals surface area contributed by atoms with Crippen molar-refractivity contribution in [3.05, 3.63) is 18.5 Å². The van der Waals surface area contributed by atoms with Crippen LogP contribution in [0.5, 0.6) is 0 Å². The van der Waals surface area contributed by atoms with Gasteiger partial charge in [-0.25, -0.2) is 0 Å². The zero-order chi connectivity index (χ0) is 11.1. The highest BCUT2D eigenvalue weighted by Crippen LogP contribution is 2.17. The quantitative estimate of drug-likeness (QED) is 0.751. The van der Waals surface area contributed by atoms with Crippen LogP contribution in [0.4, 0.5) is 11.4 Å². The number of ether oxygens (including phenoxy) is 1. The molecule has 1 aromatic heterocycles. The summed E-state index contributed by atoms with van der Waals surface area (Å²) in [6.45, 7) is 2.84. The predicted octanol–water partition coefficient (Wildman–Crippen LogP) is 1.89. The Morgan fingerprint density at radius 2 is 2.40 bits per heavy atom. The van der Waals surface area contributed by atoms with E-state index in [1.807, 2.05) is 6.07 Å². The molecule has 1 rings (SSSR count). The van der Waals surface area contributed by atoms with E-state index in [0.717, 1.165) is 18.5 Å². The lowest BCUT2D eigenvalue weighted by Crippen LogP contribution is -2.25. The number of rotatable bonds is 6. The van der Waals surface area contributed by atoms with Gasteiger partial charge in [0, 0.05) is 19.3 Å². The number of nitrogens with two attached hydrogens (primary N) is 1. The Morgan fingerprint density at radius 1 is 1.60 bits per heavy atom. The average molecular weight is 209 g/mol. The van der Waals surface area contributed by atoms with Crippen molar-refractivity contribution < 1.29 is 4.74 Å². The summed E-state index contributed by atoms with van der Waals surface area (Å²) in [4.78, 5) is 3.95. The van der Waals surface area contributed by atoms with Crippen LogP contribution in [0.15, 0.2) is 18.5 Å². The molecule has 4 nitrogen and oxygen atoms in total. The van der Waals surface area contributed by atoms with Crippen LogP contribution in [0.25, 0.3) is 0 Å². The van der Waals surface area contributed by atoms with Gasteiger partial charge in [0.15, 0.2) is 0 Å². The lowest BCUT2D eigenvalue weighted by Gasteiger charge is -2.19. The van der Waals surface area contributed by atoms with E-state index in [4.69, 9.17) is 10.5 Å². The van der Waals surface area contributed by atoms with Gasteiger partial charge in [-0.15, -0.1) is 0 Å². The molecule has 84 valence electrons. The molecule has 1 aromatic rings. The van der Waals surface area contributed by atoms with Crippen molar-refractivity contribution in [2.75, 3.05) is 24.8 Å². The highest BCUT2D eigenvalue weighted by atomic mass is 16.5. The maximum Gasteiger partial charge on any atom is 0.0736 e. The summed E-state index contributed by atoms with van der Waals surface area (Å²) in [5.74, 6) is 0. The van der Waals surface area contributed by atoms with Crippen molar-refractivity contribution in [2.45, 2.75) is 25.8 Å². The first-order valence-electron chi connectivity index (χ1n) is 5.22. The number of methoxy groups -OCH3 is 1. The van der Waals surface area contributed by atoms with Gasteiger partial charge in [0.2, 0.25) is 0 Å². The number of nitrogens with zero attached hydrogens (tertiary/aromatic N) is 1. The number of nitrogen functional groups attached to an aromatic ring is 1. The molecule has 0 aliphatic heterocycles. The molecule has 0 bridgehead atoms. The summed E-state index contributed by atoms with van der Waals surface area (Å²) < 4.78 is 5.15. The third-order valence-corrected chi connectivity index (χ3v) is 2.22. The molecule has 15 heavy (non-hydrogen) atoms. The monoisotopic (exact) mass is 209 g/mol. The zero-order valence-corrected chi connectivity index (χ0v) is 9.36. The molecule has 0 aromatic carbocycles. The van der Waals surface area contributed by atoms with Crippen LogP contribution in [0.3, 0.4) is 0 Å². The molecule has 1 heterocycles. The fraction of sp³-hybridized carbons (Fsp3) is 0.545. The van der Waals surface area contributed by atoms with Crippen LogP contribution in [0, 0.1) is 0 Å². The Kier molecular flexibility index (Phi) is 4.90. The molecule has 0 amide bonds. The van der Waals surface area contributed by atoms with Crippen molar-refractivity contribution in [3.63, 3.8) is 0 Å². The molecule has 0 spiro atoms. The Morgan fingerprint density at radius 3 is 3.00 bits per heavy atom. The van der Waals surface area contributed by atoms with Crippen LogP contribution in [-0.2, 0) is 4.74 Å². The smallest absolute Gasteiger partial charge is 0.0736 e. The van der Waals surface area contributed by atoms with Crippen LogP contribution < -0.4 is 11.1 Å². The Labute approximate surface area is 90.8 Å². The van der Waals surface area contributed by atoms with E-state index in [1.54, 1.807) is 19.5 Å². The Balaban J connectivity index is 2.60. The van der Waals surface area contributed by atoms with Gasteiger partial charge in [0.25, 0.3) is 0 Å². The van der Waals surface area contributed by atoms with Crippen LogP contribution >= 0.6 is 0 Å². The van der Waals surface area contributed by atoms with Crippen LogP contribution in [0.1, 0.15) is 19.8 Å². The third kappa shape index (κ3) is 3.75. The average Bonchev–Trinajstić information content (AvgIpc) is 2.22. The lowest BCUT2D eigenvalue weighted by atomic mass is 10.1. The van der Waals surface area contributed by atoms with Gasteiger partial charge in [0.1, 0.15) is 0 Å². The molecule has 0 radical (unpaired) electrons. The molecular formula is C11H19N3O. The second-order valence-corrected chi connectivity index (χ2v) is 3.55. The van der Waals surface area contributed by atoms with Crippen molar-refractivity contribution in [2.24, 2.45) is 0 Å². The number of hydrogen-bond donors (Lipinski definition) is 2. The van der Waals surface area contributed by atoms with E-state index in [0.29, 0.717) is 18.3 Å². The lowest BCUT2D eigenvalue weighted by molar-refractivity contribution is 0.182. The van der Waals surface area contributed by atoms with Gasteiger partial charge in [-0.3, -0.25) is 4.98 Å².